The van der Waals surface area contributed by atoms with E-state index in [4.69, 9.17) is 11.6 Å². The molecular weight excluding hydrogens is 482 g/mol. The number of rotatable bonds is 8. The van der Waals surface area contributed by atoms with Crippen molar-refractivity contribution in [2.45, 2.75) is 55.5 Å². The van der Waals surface area contributed by atoms with Crippen molar-refractivity contribution in [1.82, 2.24) is 20.1 Å². The molecule has 2 amide bonds. The lowest BCUT2D eigenvalue weighted by atomic mass is 9.95. The first-order valence-electron chi connectivity index (χ1n) is 11.9. The van der Waals surface area contributed by atoms with Gasteiger partial charge in [0, 0.05) is 29.4 Å². The van der Waals surface area contributed by atoms with Crippen LogP contribution < -0.4 is 10.2 Å². The number of hydrogen-bond donors (Lipinski definition) is 1. The van der Waals surface area contributed by atoms with Crippen LogP contribution in [0.25, 0.3) is 11.4 Å². The normalized spacial score (nSPS) is 14.9. The summed E-state index contributed by atoms with van der Waals surface area (Å²) in [6.07, 6.45) is 5.44. The van der Waals surface area contributed by atoms with E-state index in [0.717, 1.165) is 37.1 Å². The third kappa shape index (κ3) is 6.44. The maximum atomic E-state index is 13.6. The van der Waals surface area contributed by atoms with Crippen molar-refractivity contribution in [1.29, 1.82) is 0 Å². The van der Waals surface area contributed by atoms with Crippen molar-refractivity contribution in [3.05, 3.63) is 59.6 Å². The van der Waals surface area contributed by atoms with Gasteiger partial charge in [-0.2, -0.15) is 0 Å². The van der Waals surface area contributed by atoms with Gasteiger partial charge in [-0.3, -0.25) is 9.59 Å². The molecule has 1 N–H and O–H groups in total. The fourth-order valence-electron chi connectivity index (χ4n) is 4.27. The minimum Gasteiger partial charge on any atom is -0.352 e. The second kappa shape index (κ2) is 11.7. The Balaban J connectivity index is 1.49. The molecule has 0 spiro atoms. The van der Waals surface area contributed by atoms with E-state index in [2.05, 4.69) is 15.5 Å². The van der Waals surface area contributed by atoms with Crippen molar-refractivity contribution in [3.8, 4) is 11.4 Å². The Morgan fingerprint density at radius 2 is 1.77 bits per heavy atom. The number of nitrogens with one attached hydrogen (secondary N) is 1. The summed E-state index contributed by atoms with van der Waals surface area (Å²) in [6, 6.07) is 17.0. The number of benzene rings is 2. The fourth-order valence-corrected chi connectivity index (χ4v) is 5.27. The lowest BCUT2D eigenvalue weighted by Crippen LogP contribution is -2.46. The summed E-state index contributed by atoms with van der Waals surface area (Å²) in [5.74, 6) is 0.400. The molecule has 1 heterocycles. The molecular formula is C26H30ClN5O2S. The lowest BCUT2D eigenvalue weighted by Gasteiger charge is -2.27. The highest BCUT2D eigenvalue weighted by Gasteiger charge is 2.28. The molecule has 1 unspecified atom stereocenters. The van der Waals surface area contributed by atoms with Crippen LogP contribution in [0.1, 0.15) is 39.0 Å². The summed E-state index contributed by atoms with van der Waals surface area (Å²) in [7, 11) is 1.89. The number of halogens is 1. The van der Waals surface area contributed by atoms with E-state index in [9.17, 15) is 9.59 Å². The van der Waals surface area contributed by atoms with Gasteiger partial charge in [-0.1, -0.05) is 73.0 Å². The predicted molar refractivity (Wildman–Crippen MR) is 141 cm³/mol. The molecule has 0 radical (unpaired) electrons. The van der Waals surface area contributed by atoms with Crippen LogP contribution in [0.3, 0.4) is 0 Å². The Morgan fingerprint density at radius 1 is 1.09 bits per heavy atom. The van der Waals surface area contributed by atoms with Crippen LogP contribution in [0.5, 0.6) is 0 Å². The van der Waals surface area contributed by atoms with Crippen molar-refractivity contribution in [2.75, 3.05) is 11.4 Å². The van der Waals surface area contributed by atoms with Gasteiger partial charge in [-0.25, -0.2) is 0 Å². The number of anilines is 1. The molecule has 9 heteroatoms. The molecule has 3 aromatic rings. The molecule has 0 aliphatic heterocycles. The van der Waals surface area contributed by atoms with E-state index >= 15 is 0 Å². The van der Waals surface area contributed by atoms with Crippen LogP contribution in [-0.2, 0) is 16.6 Å². The van der Waals surface area contributed by atoms with E-state index in [0.29, 0.717) is 15.9 Å². The highest BCUT2D eigenvalue weighted by Crippen LogP contribution is 2.28. The molecule has 35 heavy (non-hydrogen) atoms. The lowest BCUT2D eigenvalue weighted by molar-refractivity contribution is -0.124. The monoisotopic (exact) mass is 511 g/mol. The quantitative estimate of drug-likeness (QED) is 0.426. The van der Waals surface area contributed by atoms with Gasteiger partial charge in [0.1, 0.15) is 6.54 Å². The third-order valence-corrected chi connectivity index (χ3v) is 7.55. The van der Waals surface area contributed by atoms with E-state index in [1.54, 1.807) is 24.3 Å². The molecule has 184 valence electrons. The van der Waals surface area contributed by atoms with Crippen LogP contribution in [0.2, 0.25) is 5.02 Å². The standard InChI is InChI=1S/C26H30ClN5O2S/c1-18(35-26-30-29-24(31(26)2)19-9-5-3-6-10-19)25(34)32(22-15-13-20(27)14-16-22)17-23(33)28-21-11-7-4-8-12-21/h3,5-6,9-10,13-16,18,21H,4,7-8,11-12,17H2,1-2H3,(H,28,33). The van der Waals surface area contributed by atoms with E-state index in [1.807, 2.05) is 48.9 Å². The topological polar surface area (TPSA) is 80.1 Å². The molecule has 1 atom stereocenters. The Hall–Kier alpha value is -2.84. The number of hydrogen-bond acceptors (Lipinski definition) is 5. The molecule has 1 aromatic heterocycles. The van der Waals surface area contributed by atoms with Crippen LogP contribution in [0.15, 0.2) is 59.8 Å². The summed E-state index contributed by atoms with van der Waals surface area (Å²) in [5, 5.41) is 12.4. The molecule has 1 aliphatic rings. The summed E-state index contributed by atoms with van der Waals surface area (Å²) < 4.78 is 1.88. The smallest absolute Gasteiger partial charge is 0.240 e. The highest BCUT2D eigenvalue weighted by atomic mass is 35.5. The maximum Gasteiger partial charge on any atom is 0.240 e. The zero-order valence-corrected chi connectivity index (χ0v) is 21.6. The average molecular weight is 512 g/mol. The molecule has 0 bridgehead atoms. The number of nitrogens with zero attached hydrogens (tertiary/aromatic N) is 4. The molecule has 4 rings (SSSR count). The van der Waals surface area contributed by atoms with Gasteiger partial charge >= 0.3 is 0 Å². The van der Waals surface area contributed by atoms with E-state index in [1.165, 1.54) is 23.1 Å². The van der Waals surface area contributed by atoms with Gasteiger partial charge in [0.05, 0.1) is 5.25 Å². The van der Waals surface area contributed by atoms with Crippen molar-refractivity contribution in [3.63, 3.8) is 0 Å². The first-order chi connectivity index (χ1) is 16.9. The zero-order chi connectivity index (χ0) is 24.8. The second-order valence-corrected chi connectivity index (χ2v) is 10.5. The number of carbonyl (C=O) groups is 2. The molecule has 1 fully saturated rings. The third-order valence-electron chi connectivity index (χ3n) is 6.17. The van der Waals surface area contributed by atoms with Gasteiger partial charge in [0.2, 0.25) is 11.8 Å². The van der Waals surface area contributed by atoms with Crippen molar-refractivity contribution < 1.29 is 9.59 Å². The van der Waals surface area contributed by atoms with E-state index < -0.39 is 5.25 Å². The minimum absolute atomic E-state index is 0.0457. The Bertz CT molecular complexity index is 1150. The fraction of sp³-hybridized carbons (Fsp3) is 0.385. The summed E-state index contributed by atoms with van der Waals surface area (Å²) in [6.45, 7) is 1.78. The number of thioether (sulfide) groups is 1. The molecule has 2 aromatic carbocycles. The molecule has 7 nitrogen and oxygen atoms in total. The molecule has 1 saturated carbocycles. The number of carbonyl (C=O) groups excluding carboxylic acids is 2. The van der Waals surface area contributed by atoms with Crippen molar-refractivity contribution in [2.24, 2.45) is 7.05 Å². The SMILES string of the molecule is CC(Sc1nnc(-c2ccccc2)n1C)C(=O)N(CC(=O)NC1CCCCC1)c1ccc(Cl)cc1. The number of aromatic nitrogens is 3. The van der Waals surface area contributed by atoms with Crippen LogP contribution in [0, 0.1) is 0 Å². The average Bonchev–Trinajstić information content (AvgIpc) is 3.23. The maximum absolute atomic E-state index is 13.6. The summed E-state index contributed by atoms with van der Waals surface area (Å²) >= 11 is 7.39. The van der Waals surface area contributed by atoms with E-state index in [-0.39, 0.29) is 24.4 Å². The predicted octanol–water partition coefficient (Wildman–Crippen LogP) is 5.10. The molecule has 1 aliphatic carbocycles. The van der Waals surface area contributed by atoms with Gasteiger partial charge in [0.25, 0.3) is 0 Å². The van der Waals surface area contributed by atoms with Gasteiger partial charge in [-0.05, 0) is 44.0 Å². The first kappa shape index (κ1) is 25.3. The summed E-state index contributed by atoms with van der Waals surface area (Å²) in [5.41, 5.74) is 1.59. The summed E-state index contributed by atoms with van der Waals surface area (Å²) in [4.78, 5) is 28.0. The van der Waals surface area contributed by atoms with Crippen LogP contribution in [0.4, 0.5) is 5.69 Å². The zero-order valence-electron chi connectivity index (χ0n) is 20.0. The molecule has 0 saturated heterocycles. The van der Waals surface area contributed by atoms with Crippen LogP contribution in [-0.4, -0.2) is 44.4 Å². The Labute approximate surface area is 215 Å². The second-order valence-electron chi connectivity index (χ2n) is 8.79. The number of amides is 2. The Morgan fingerprint density at radius 3 is 2.46 bits per heavy atom. The largest absolute Gasteiger partial charge is 0.352 e. The highest BCUT2D eigenvalue weighted by molar-refractivity contribution is 8.00. The Kier molecular flexibility index (Phi) is 8.46. The van der Waals surface area contributed by atoms with Gasteiger partial charge in [-0.15, -0.1) is 10.2 Å². The first-order valence-corrected chi connectivity index (χ1v) is 13.2. The van der Waals surface area contributed by atoms with Crippen LogP contribution >= 0.6 is 23.4 Å². The van der Waals surface area contributed by atoms with Crippen molar-refractivity contribution >= 4 is 40.9 Å². The van der Waals surface area contributed by atoms with Gasteiger partial charge < -0.3 is 14.8 Å². The minimum atomic E-state index is -0.486. The van der Waals surface area contributed by atoms with Gasteiger partial charge in [0.15, 0.2) is 11.0 Å².